The molecule has 4 heteroatoms. The molecule has 1 saturated carbocycles. The average molecular weight is 197 g/mol. The molecule has 1 aliphatic carbocycles. The van der Waals surface area contributed by atoms with E-state index in [0.717, 1.165) is 12.1 Å². The molecule has 0 aromatic heterocycles. The van der Waals surface area contributed by atoms with Crippen molar-refractivity contribution in [2.24, 2.45) is 16.8 Å². The van der Waals surface area contributed by atoms with Crippen LogP contribution < -0.4 is 11.2 Å². The summed E-state index contributed by atoms with van der Waals surface area (Å²) in [5.41, 5.74) is 8.42. The lowest BCUT2D eigenvalue weighted by Gasteiger charge is -2.23. The topological polar surface area (TPSA) is 67.5 Å². The number of rotatable bonds is 3. The Morgan fingerprint density at radius 3 is 3.07 bits per heavy atom. The highest BCUT2D eigenvalue weighted by Gasteiger charge is 2.19. The lowest BCUT2D eigenvalue weighted by Crippen LogP contribution is -2.29. The standard InChI is InChI=1S/C10H19N3O/c1-2-5-8-6-3-4-7-9(8)12-13-10(11)14/h8H,2-7H2,1H3,(H3,11,13,14)/b12-9+/t8-/m0/s1. The zero-order valence-corrected chi connectivity index (χ0v) is 8.75. The average Bonchev–Trinajstić information content (AvgIpc) is 2.17. The molecule has 0 heterocycles. The lowest BCUT2D eigenvalue weighted by atomic mass is 9.84. The van der Waals surface area contributed by atoms with Crippen molar-refractivity contribution in [1.29, 1.82) is 0 Å². The van der Waals surface area contributed by atoms with E-state index in [4.69, 9.17) is 5.73 Å². The Bertz CT molecular complexity index is 223. The van der Waals surface area contributed by atoms with Crippen LogP contribution in [0.2, 0.25) is 0 Å². The number of hydrogen-bond donors (Lipinski definition) is 2. The van der Waals surface area contributed by atoms with E-state index in [1.807, 2.05) is 0 Å². The SMILES string of the molecule is CCC[C@H]1CCCC/C1=N\NC(N)=O. The number of amides is 2. The van der Waals surface area contributed by atoms with Gasteiger partial charge in [-0.1, -0.05) is 19.8 Å². The zero-order valence-electron chi connectivity index (χ0n) is 8.75. The van der Waals surface area contributed by atoms with Crippen LogP contribution >= 0.6 is 0 Å². The molecule has 80 valence electrons. The molecule has 0 aliphatic heterocycles. The van der Waals surface area contributed by atoms with Gasteiger partial charge in [-0.15, -0.1) is 0 Å². The summed E-state index contributed by atoms with van der Waals surface area (Å²) < 4.78 is 0. The molecule has 0 spiro atoms. The fraction of sp³-hybridized carbons (Fsp3) is 0.800. The number of nitrogens with zero attached hydrogens (tertiary/aromatic N) is 1. The first-order valence-corrected chi connectivity index (χ1v) is 5.36. The third-order valence-electron chi connectivity index (χ3n) is 2.65. The number of hydrazone groups is 1. The highest BCUT2D eigenvalue weighted by Crippen LogP contribution is 2.25. The molecule has 0 aromatic carbocycles. The van der Waals surface area contributed by atoms with Gasteiger partial charge in [0.2, 0.25) is 0 Å². The maximum atomic E-state index is 10.5. The van der Waals surface area contributed by atoms with Crippen molar-refractivity contribution in [3.05, 3.63) is 0 Å². The molecule has 1 fully saturated rings. The quantitative estimate of drug-likeness (QED) is 0.667. The monoisotopic (exact) mass is 197 g/mol. The second-order valence-corrected chi connectivity index (χ2v) is 3.81. The molecule has 3 N–H and O–H groups in total. The lowest BCUT2D eigenvalue weighted by molar-refractivity contribution is 0.249. The molecule has 0 radical (unpaired) electrons. The van der Waals surface area contributed by atoms with Crippen molar-refractivity contribution in [1.82, 2.24) is 5.43 Å². The Kier molecular flexibility index (Phi) is 4.43. The van der Waals surface area contributed by atoms with Gasteiger partial charge in [0, 0.05) is 5.71 Å². The first-order valence-electron chi connectivity index (χ1n) is 5.36. The van der Waals surface area contributed by atoms with Crippen molar-refractivity contribution in [3.63, 3.8) is 0 Å². The van der Waals surface area contributed by atoms with E-state index < -0.39 is 6.03 Å². The summed E-state index contributed by atoms with van der Waals surface area (Å²) in [6.45, 7) is 2.17. The first kappa shape index (κ1) is 11.0. The van der Waals surface area contributed by atoms with Crippen LogP contribution in [0.1, 0.15) is 45.4 Å². The third-order valence-corrected chi connectivity index (χ3v) is 2.65. The fourth-order valence-electron chi connectivity index (χ4n) is 2.00. The van der Waals surface area contributed by atoms with Crippen LogP contribution in [0.25, 0.3) is 0 Å². The Labute approximate surface area is 84.9 Å². The molecule has 0 aromatic rings. The van der Waals surface area contributed by atoms with Gasteiger partial charge in [0.1, 0.15) is 0 Å². The predicted molar refractivity (Wildman–Crippen MR) is 57.0 cm³/mol. The largest absolute Gasteiger partial charge is 0.350 e. The Morgan fingerprint density at radius 1 is 1.64 bits per heavy atom. The molecule has 2 amide bonds. The summed E-state index contributed by atoms with van der Waals surface area (Å²) in [6, 6.07) is -0.571. The van der Waals surface area contributed by atoms with Gasteiger partial charge in [-0.05, 0) is 31.6 Å². The molecule has 0 saturated heterocycles. The molecule has 0 bridgehead atoms. The molecule has 14 heavy (non-hydrogen) atoms. The van der Waals surface area contributed by atoms with Gasteiger partial charge in [-0.25, -0.2) is 10.2 Å². The van der Waals surface area contributed by atoms with E-state index >= 15 is 0 Å². The number of nitrogens with one attached hydrogen (secondary N) is 1. The molecule has 0 unspecified atom stereocenters. The number of carbonyl (C=O) groups is 1. The Morgan fingerprint density at radius 2 is 2.43 bits per heavy atom. The van der Waals surface area contributed by atoms with Crippen LogP contribution in [0.5, 0.6) is 0 Å². The maximum Gasteiger partial charge on any atom is 0.332 e. The summed E-state index contributed by atoms with van der Waals surface area (Å²) in [6.07, 6.45) is 7.00. The van der Waals surface area contributed by atoms with Crippen LogP contribution in [0.3, 0.4) is 0 Å². The first-order chi connectivity index (χ1) is 6.74. The van der Waals surface area contributed by atoms with E-state index in [1.54, 1.807) is 0 Å². The van der Waals surface area contributed by atoms with E-state index in [1.165, 1.54) is 32.1 Å². The smallest absolute Gasteiger partial charge is 0.332 e. The van der Waals surface area contributed by atoms with Gasteiger partial charge in [-0.2, -0.15) is 5.10 Å². The summed E-state index contributed by atoms with van der Waals surface area (Å²) >= 11 is 0. The number of nitrogens with two attached hydrogens (primary N) is 1. The van der Waals surface area contributed by atoms with Gasteiger partial charge in [0.05, 0.1) is 0 Å². The van der Waals surface area contributed by atoms with Crippen molar-refractivity contribution in [3.8, 4) is 0 Å². The number of primary amides is 1. The van der Waals surface area contributed by atoms with Crippen LogP contribution in [0, 0.1) is 5.92 Å². The number of carbonyl (C=O) groups excluding carboxylic acids is 1. The third kappa shape index (κ3) is 3.36. The predicted octanol–water partition coefficient (Wildman–Crippen LogP) is 2.00. The normalized spacial score (nSPS) is 24.9. The van der Waals surface area contributed by atoms with Crippen LogP contribution in [-0.2, 0) is 0 Å². The van der Waals surface area contributed by atoms with E-state index in [2.05, 4.69) is 17.5 Å². The summed E-state index contributed by atoms with van der Waals surface area (Å²) in [5, 5.41) is 4.07. The van der Waals surface area contributed by atoms with Gasteiger partial charge in [0.15, 0.2) is 0 Å². The molecule has 1 atom stereocenters. The minimum atomic E-state index is -0.571. The van der Waals surface area contributed by atoms with Gasteiger partial charge in [-0.3, -0.25) is 0 Å². The van der Waals surface area contributed by atoms with Crippen LogP contribution in [-0.4, -0.2) is 11.7 Å². The highest BCUT2D eigenvalue weighted by atomic mass is 16.2. The van der Waals surface area contributed by atoms with E-state index in [9.17, 15) is 4.79 Å². The van der Waals surface area contributed by atoms with Gasteiger partial charge >= 0.3 is 6.03 Å². The van der Waals surface area contributed by atoms with E-state index in [0.29, 0.717) is 5.92 Å². The molecular weight excluding hydrogens is 178 g/mol. The van der Waals surface area contributed by atoms with Crippen molar-refractivity contribution >= 4 is 11.7 Å². The van der Waals surface area contributed by atoms with Crippen molar-refractivity contribution in [2.45, 2.75) is 45.4 Å². The molecular formula is C10H19N3O. The summed E-state index contributed by atoms with van der Waals surface area (Å²) in [5.74, 6) is 0.556. The summed E-state index contributed by atoms with van der Waals surface area (Å²) in [4.78, 5) is 10.5. The highest BCUT2D eigenvalue weighted by molar-refractivity contribution is 5.88. The zero-order chi connectivity index (χ0) is 10.4. The minimum Gasteiger partial charge on any atom is -0.350 e. The minimum absolute atomic E-state index is 0.556. The maximum absolute atomic E-state index is 10.5. The molecule has 4 nitrogen and oxygen atoms in total. The van der Waals surface area contributed by atoms with Crippen LogP contribution in [0.4, 0.5) is 4.79 Å². The van der Waals surface area contributed by atoms with Crippen LogP contribution in [0.15, 0.2) is 5.10 Å². The Hall–Kier alpha value is -1.06. The van der Waals surface area contributed by atoms with Crippen molar-refractivity contribution in [2.75, 3.05) is 0 Å². The second-order valence-electron chi connectivity index (χ2n) is 3.81. The second kappa shape index (κ2) is 5.62. The number of urea groups is 1. The fourth-order valence-corrected chi connectivity index (χ4v) is 2.00. The Balaban J connectivity index is 2.52. The van der Waals surface area contributed by atoms with Crippen molar-refractivity contribution < 1.29 is 4.79 Å². The number of hydrogen-bond acceptors (Lipinski definition) is 2. The summed E-state index contributed by atoms with van der Waals surface area (Å²) in [7, 11) is 0. The van der Waals surface area contributed by atoms with Gasteiger partial charge < -0.3 is 5.73 Å². The van der Waals surface area contributed by atoms with E-state index in [-0.39, 0.29) is 0 Å². The molecule has 1 rings (SSSR count). The molecule has 1 aliphatic rings. The van der Waals surface area contributed by atoms with Gasteiger partial charge in [0.25, 0.3) is 0 Å².